The summed E-state index contributed by atoms with van der Waals surface area (Å²) in [4.78, 5) is 27.2. The summed E-state index contributed by atoms with van der Waals surface area (Å²) in [6.45, 7) is -0.170. The first kappa shape index (κ1) is 17.2. The number of pyridine rings is 1. The van der Waals surface area contributed by atoms with Crippen LogP contribution >= 0.6 is 0 Å². The van der Waals surface area contributed by atoms with Gasteiger partial charge in [0.05, 0.1) is 11.2 Å². The second-order valence-electron chi connectivity index (χ2n) is 5.53. The summed E-state index contributed by atoms with van der Waals surface area (Å²) < 4.78 is 5.18. The molecule has 0 unspecified atom stereocenters. The van der Waals surface area contributed by atoms with Crippen LogP contribution in [0.4, 0.5) is 5.69 Å². The van der Waals surface area contributed by atoms with Crippen molar-refractivity contribution < 1.29 is 14.3 Å². The Balaban J connectivity index is 1.65. The number of ether oxygens (including phenoxy) is 1. The molecule has 130 valence electrons. The quantitative estimate of drug-likeness (QED) is 0.670. The van der Waals surface area contributed by atoms with Crippen molar-refractivity contribution in [2.75, 3.05) is 11.9 Å². The van der Waals surface area contributed by atoms with E-state index in [1.165, 1.54) is 6.08 Å². The van der Waals surface area contributed by atoms with Gasteiger partial charge in [-0.2, -0.15) is 0 Å². The molecule has 0 spiro atoms. The summed E-state index contributed by atoms with van der Waals surface area (Å²) in [6, 6.07) is 16.4. The maximum Gasteiger partial charge on any atom is 0.255 e. The van der Waals surface area contributed by atoms with Gasteiger partial charge in [0, 0.05) is 17.7 Å². The van der Waals surface area contributed by atoms with Crippen molar-refractivity contribution >= 4 is 34.5 Å². The van der Waals surface area contributed by atoms with Crippen LogP contribution in [0.3, 0.4) is 0 Å². The predicted octanol–water partition coefficient (Wildman–Crippen LogP) is 2.75. The lowest BCUT2D eigenvalue weighted by Gasteiger charge is -2.06. The molecule has 2 aromatic carbocycles. The van der Waals surface area contributed by atoms with E-state index in [9.17, 15) is 9.59 Å². The van der Waals surface area contributed by atoms with Gasteiger partial charge in [0.2, 0.25) is 5.91 Å². The second-order valence-corrected chi connectivity index (χ2v) is 5.53. The third-order valence-corrected chi connectivity index (χ3v) is 3.58. The van der Waals surface area contributed by atoms with Crippen molar-refractivity contribution in [1.82, 2.24) is 4.98 Å². The highest BCUT2D eigenvalue weighted by molar-refractivity contribution is 6.06. The molecule has 1 aromatic heterocycles. The molecule has 0 aliphatic heterocycles. The molecule has 26 heavy (non-hydrogen) atoms. The van der Waals surface area contributed by atoms with Gasteiger partial charge in [0.25, 0.3) is 5.91 Å². The summed E-state index contributed by atoms with van der Waals surface area (Å²) in [5.74, 6) is -0.252. The summed E-state index contributed by atoms with van der Waals surface area (Å²) in [5.41, 5.74) is 7.25. The summed E-state index contributed by atoms with van der Waals surface area (Å²) >= 11 is 0. The molecule has 6 heteroatoms. The topological polar surface area (TPSA) is 94.3 Å². The molecule has 0 aliphatic rings. The Morgan fingerprint density at radius 3 is 2.62 bits per heavy atom. The number of amides is 2. The SMILES string of the molecule is NC(=O)COc1ccc(C=CC(=O)Nc2cccc3cccnc23)cc1. The monoisotopic (exact) mass is 347 g/mol. The minimum atomic E-state index is -0.534. The van der Waals surface area contributed by atoms with E-state index < -0.39 is 5.91 Å². The number of hydrogen-bond acceptors (Lipinski definition) is 4. The van der Waals surface area contributed by atoms with Gasteiger partial charge in [0.15, 0.2) is 6.61 Å². The molecule has 0 saturated carbocycles. The molecular weight excluding hydrogens is 330 g/mol. The summed E-state index contributed by atoms with van der Waals surface area (Å²) in [7, 11) is 0. The zero-order valence-electron chi connectivity index (χ0n) is 13.9. The number of fused-ring (bicyclic) bond motifs is 1. The van der Waals surface area contributed by atoms with Crippen molar-refractivity contribution in [1.29, 1.82) is 0 Å². The zero-order chi connectivity index (χ0) is 18.4. The molecule has 0 saturated heterocycles. The lowest BCUT2D eigenvalue weighted by Crippen LogP contribution is -2.19. The number of nitrogens with zero attached hydrogens (tertiary/aromatic N) is 1. The maximum absolute atomic E-state index is 12.2. The van der Waals surface area contributed by atoms with Gasteiger partial charge in [-0.05, 0) is 35.9 Å². The van der Waals surface area contributed by atoms with E-state index in [0.717, 1.165) is 16.5 Å². The number of rotatable bonds is 6. The average Bonchev–Trinajstić information content (AvgIpc) is 2.66. The van der Waals surface area contributed by atoms with Crippen molar-refractivity contribution in [3.63, 3.8) is 0 Å². The first-order chi connectivity index (χ1) is 12.6. The van der Waals surface area contributed by atoms with Gasteiger partial charge in [-0.1, -0.05) is 30.3 Å². The first-order valence-corrected chi connectivity index (χ1v) is 7.96. The Labute approximate surface area is 150 Å². The second kappa shape index (κ2) is 7.94. The molecule has 0 radical (unpaired) electrons. The van der Waals surface area contributed by atoms with Crippen LogP contribution in [-0.2, 0) is 9.59 Å². The van der Waals surface area contributed by atoms with Gasteiger partial charge >= 0.3 is 0 Å². The van der Waals surface area contributed by atoms with Crippen LogP contribution in [0.15, 0.2) is 66.9 Å². The Morgan fingerprint density at radius 2 is 1.85 bits per heavy atom. The fourth-order valence-electron chi connectivity index (χ4n) is 2.38. The van der Waals surface area contributed by atoms with Crippen LogP contribution < -0.4 is 15.8 Å². The van der Waals surface area contributed by atoms with Crippen LogP contribution in [0, 0.1) is 0 Å². The van der Waals surface area contributed by atoms with Gasteiger partial charge in [-0.15, -0.1) is 0 Å². The molecule has 6 nitrogen and oxygen atoms in total. The van der Waals surface area contributed by atoms with Gasteiger partial charge in [-0.25, -0.2) is 0 Å². The number of hydrogen-bond donors (Lipinski definition) is 2. The molecule has 0 aliphatic carbocycles. The fourth-order valence-corrected chi connectivity index (χ4v) is 2.38. The van der Waals surface area contributed by atoms with E-state index in [-0.39, 0.29) is 12.5 Å². The van der Waals surface area contributed by atoms with Crippen molar-refractivity contribution in [2.45, 2.75) is 0 Å². The van der Waals surface area contributed by atoms with Crippen LogP contribution in [0.1, 0.15) is 5.56 Å². The fraction of sp³-hybridized carbons (Fsp3) is 0.0500. The summed E-state index contributed by atoms with van der Waals surface area (Å²) in [5, 5.41) is 3.79. The number of nitrogens with one attached hydrogen (secondary N) is 1. The lowest BCUT2D eigenvalue weighted by molar-refractivity contribution is -0.120. The number of benzene rings is 2. The van der Waals surface area contributed by atoms with Crippen LogP contribution in [0.5, 0.6) is 5.75 Å². The van der Waals surface area contributed by atoms with E-state index >= 15 is 0 Å². The third-order valence-electron chi connectivity index (χ3n) is 3.58. The third kappa shape index (κ3) is 4.45. The van der Waals surface area contributed by atoms with E-state index in [1.54, 1.807) is 36.5 Å². The first-order valence-electron chi connectivity index (χ1n) is 7.96. The van der Waals surface area contributed by atoms with Crippen molar-refractivity contribution in [3.05, 3.63) is 72.4 Å². The molecule has 3 rings (SSSR count). The predicted molar refractivity (Wildman–Crippen MR) is 101 cm³/mol. The van der Waals surface area contributed by atoms with Gasteiger partial charge < -0.3 is 15.8 Å². The number of anilines is 1. The van der Waals surface area contributed by atoms with E-state index in [2.05, 4.69) is 10.3 Å². The minimum Gasteiger partial charge on any atom is -0.484 e. The van der Waals surface area contributed by atoms with E-state index in [0.29, 0.717) is 11.4 Å². The van der Waals surface area contributed by atoms with Crippen LogP contribution in [0.2, 0.25) is 0 Å². The molecule has 3 N–H and O–H groups in total. The van der Waals surface area contributed by atoms with Crippen LogP contribution in [-0.4, -0.2) is 23.4 Å². The van der Waals surface area contributed by atoms with E-state index in [1.807, 2.05) is 30.3 Å². The standard InChI is InChI=1S/C20H17N3O3/c21-18(24)13-26-16-9-6-14(7-10-16)8-11-19(25)23-17-5-1-3-15-4-2-12-22-20(15)17/h1-12H,13H2,(H2,21,24)(H,23,25). The van der Waals surface area contributed by atoms with E-state index in [4.69, 9.17) is 10.5 Å². The molecule has 1 heterocycles. The highest BCUT2D eigenvalue weighted by Crippen LogP contribution is 2.20. The van der Waals surface area contributed by atoms with Gasteiger partial charge in [0.1, 0.15) is 5.75 Å². The Kier molecular flexibility index (Phi) is 5.24. The molecule has 2 amide bonds. The molecular formula is C20H17N3O3. The number of primary amides is 1. The number of nitrogens with two attached hydrogens (primary N) is 1. The van der Waals surface area contributed by atoms with Crippen LogP contribution in [0.25, 0.3) is 17.0 Å². The molecule has 0 fully saturated rings. The normalized spacial score (nSPS) is 10.8. The van der Waals surface area contributed by atoms with Gasteiger partial charge in [-0.3, -0.25) is 14.6 Å². The Hall–Kier alpha value is -3.67. The molecule has 0 bridgehead atoms. The molecule has 0 atom stereocenters. The van der Waals surface area contributed by atoms with Crippen molar-refractivity contribution in [3.8, 4) is 5.75 Å². The highest BCUT2D eigenvalue weighted by atomic mass is 16.5. The summed E-state index contributed by atoms with van der Waals surface area (Å²) in [6.07, 6.45) is 4.82. The number of para-hydroxylation sites is 1. The number of carbonyl (C=O) groups excluding carboxylic acids is 2. The number of aromatic nitrogens is 1. The smallest absolute Gasteiger partial charge is 0.255 e. The zero-order valence-corrected chi connectivity index (χ0v) is 13.9. The van der Waals surface area contributed by atoms with Crippen molar-refractivity contribution in [2.24, 2.45) is 5.73 Å². The molecule has 3 aromatic rings. The average molecular weight is 347 g/mol. The number of carbonyl (C=O) groups is 2. The largest absolute Gasteiger partial charge is 0.484 e. The maximum atomic E-state index is 12.2. The Bertz CT molecular complexity index is 960. The minimum absolute atomic E-state index is 0.170. The lowest BCUT2D eigenvalue weighted by atomic mass is 10.2. The Morgan fingerprint density at radius 1 is 1.08 bits per heavy atom. The highest BCUT2D eigenvalue weighted by Gasteiger charge is 2.04.